The summed E-state index contributed by atoms with van der Waals surface area (Å²) in [6.45, 7) is 10.8. The van der Waals surface area contributed by atoms with Crippen molar-refractivity contribution in [3.63, 3.8) is 0 Å². The monoisotopic (exact) mass is 431 g/mol. The van der Waals surface area contributed by atoms with Crippen LogP contribution in [0, 0.1) is 5.92 Å². The second-order valence-electron chi connectivity index (χ2n) is 8.34. The molecular weight excluding hydrogens is 402 g/mol. The van der Waals surface area contributed by atoms with E-state index in [9.17, 15) is 4.79 Å². The van der Waals surface area contributed by atoms with Crippen LogP contribution in [0.1, 0.15) is 58.2 Å². The Bertz CT molecular complexity index is 751. The standard InChI is InChI=1S/C23H30BrNO2/c1-16(2)13-20(17-9-7-6-8-10-17)25-22(26)15-27-21-12-11-18(14-19(21)24)23(3,4)5/h6-12,14,16,20H,13,15H2,1-5H3,(H,25,26)/t20-/m0/s1. The number of rotatable bonds is 7. The molecule has 0 aliphatic rings. The highest BCUT2D eigenvalue weighted by Gasteiger charge is 2.18. The molecule has 2 rings (SSSR count). The van der Waals surface area contributed by atoms with Gasteiger partial charge in [0.1, 0.15) is 5.75 Å². The minimum atomic E-state index is -0.115. The number of carbonyl (C=O) groups is 1. The third kappa shape index (κ3) is 6.69. The molecule has 0 bridgehead atoms. The molecule has 2 aromatic carbocycles. The molecule has 0 unspecified atom stereocenters. The zero-order chi connectivity index (χ0) is 20.0. The minimum absolute atomic E-state index is 0.00507. The van der Waals surface area contributed by atoms with Gasteiger partial charge in [0, 0.05) is 0 Å². The molecule has 0 saturated heterocycles. The Kier molecular flexibility index (Phi) is 7.49. The number of hydrogen-bond donors (Lipinski definition) is 1. The normalized spacial score (nSPS) is 12.7. The maximum atomic E-state index is 12.5. The highest BCUT2D eigenvalue weighted by atomic mass is 79.9. The largest absolute Gasteiger partial charge is 0.483 e. The maximum Gasteiger partial charge on any atom is 0.258 e. The number of nitrogens with one attached hydrogen (secondary N) is 1. The van der Waals surface area contributed by atoms with Crippen molar-refractivity contribution in [2.75, 3.05) is 6.61 Å². The Hall–Kier alpha value is -1.81. The number of amides is 1. The van der Waals surface area contributed by atoms with Crippen molar-refractivity contribution in [2.45, 2.75) is 52.5 Å². The summed E-state index contributed by atoms with van der Waals surface area (Å²) in [6.07, 6.45) is 0.889. The average Bonchev–Trinajstić information content (AvgIpc) is 2.59. The zero-order valence-corrected chi connectivity index (χ0v) is 18.5. The quantitative estimate of drug-likeness (QED) is 0.580. The van der Waals surface area contributed by atoms with Gasteiger partial charge in [-0.1, -0.05) is 71.0 Å². The van der Waals surface area contributed by atoms with Crippen molar-refractivity contribution >= 4 is 21.8 Å². The van der Waals surface area contributed by atoms with Crippen molar-refractivity contribution in [3.8, 4) is 5.75 Å². The van der Waals surface area contributed by atoms with Gasteiger partial charge in [0.05, 0.1) is 10.5 Å². The van der Waals surface area contributed by atoms with Crippen LogP contribution in [0.2, 0.25) is 0 Å². The fourth-order valence-electron chi connectivity index (χ4n) is 2.90. The van der Waals surface area contributed by atoms with Gasteiger partial charge in [-0.15, -0.1) is 0 Å². The van der Waals surface area contributed by atoms with Crippen molar-refractivity contribution in [1.82, 2.24) is 5.32 Å². The fourth-order valence-corrected chi connectivity index (χ4v) is 3.39. The first kappa shape index (κ1) is 21.5. The molecule has 0 aliphatic carbocycles. The number of halogens is 1. The molecule has 146 valence electrons. The van der Waals surface area contributed by atoms with E-state index in [4.69, 9.17) is 4.74 Å². The van der Waals surface area contributed by atoms with Crippen LogP contribution < -0.4 is 10.1 Å². The van der Waals surface area contributed by atoms with Crippen LogP contribution in [-0.4, -0.2) is 12.5 Å². The van der Waals surface area contributed by atoms with E-state index in [2.05, 4.69) is 74.1 Å². The second-order valence-corrected chi connectivity index (χ2v) is 9.20. The van der Waals surface area contributed by atoms with Gasteiger partial charge in [-0.05, 0) is 56.9 Å². The van der Waals surface area contributed by atoms with E-state index in [1.54, 1.807) is 0 Å². The lowest BCUT2D eigenvalue weighted by atomic mass is 9.87. The summed E-state index contributed by atoms with van der Waals surface area (Å²) in [5.74, 6) is 1.05. The molecule has 27 heavy (non-hydrogen) atoms. The Morgan fingerprint density at radius 1 is 1.11 bits per heavy atom. The van der Waals surface area contributed by atoms with Crippen LogP contribution in [0.4, 0.5) is 0 Å². The van der Waals surface area contributed by atoms with E-state index >= 15 is 0 Å². The van der Waals surface area contributed by atoms with Gasteiger partial charge in [0.25, 0.3) is 5.91 Å². The van der Waals surface area contributed by atoms with Gasteiger partial charge < -0.3 is 10.1 Å². The Labute approximate surface area is 171 Å². The van der Waals surface area contributed by atoms with Gasteiger partial charge in [0.2, 0.25) is 0 Å². The van der Waals surface area contributed by atoms with E-state index < -0.39 is 0 Å². The third-order valence-corrected chi connectivity index (χ3v) is 5.02. The second kappa shape index (κ2) is 9.41. The molecule has 0 saturated carbocycles. The fraction of sp³-hybridized carbons (Fsp3) is 0.435. The molecule has 0 heterocycles. The number of hydrogen-bond acceptors (Lipinski definition) is 2. The molecule has 0 aromatic heterocycles. The lowest BCUT2D eigenvalue weighted by molar-refractivity contribution is -0.124. The third-order valence-electron chi connectivity index (χ3n) is 4.40. The summed E-state index contributed by atoms with van der Waals surface area (Å²) in [7, 11) is 0. The van der Waals surface area contributed by atoms with Crippen molar-refractivity contribution < 1.29 is 9.53 Å². The first-order valence-corrected chi connectivity index (χ1v) is 10.2. The van der Waals surface area contributed by atoms with E-state index in [1.165, 1.54) is 5.56 Å². The SMILES string of the molecule is CC(C)C[C@H](NC(=O)COc1ccc(C(C)(C)C)cc1Br)c1ccccc1. The van der Waals surface area contributed by atoms with E-state index in [1.807, 2.05) is 30.3 Å². The predicted molar refractivity (Wildman–Crippen MR) is 115 cm³/mol. The van der Waals surface area contributed by atoms with Crippen LogP contribution in [0.25, 0.3) is 0 Å². The maximum absolute atomic E-state index is 12.5. The summed E-state index contributed by atoms with van der Waals surface area (Å²) < 4.78 is 6.61. The van der Waals surface area contributed by atoms with Crippen molar-refractivity contribution in [2.24, 2.45) is 5.92 Å². The lowest BCUT2D eigenvalue weighted by Gasteiger charge is -2.22. The molecule has 1 amide bonds. The number of ether oxygens (including phenoxy) is 1. The zero-order valence-electron chi connectivity index (χ0n) is 16.9. The van der Waals surface area contributed by atoms with Crippen molar-refractivity contribution in [1.29, 1.82) is 0 Å². The molecule has 0 aliphatic heterocycles. The van der Waals surface area contributed by atoms with Crippen LogP contribution in [0.15, 0.2) is 53.0 Å². The molecule has 0 spiro atoms. The molecule has 3 nitrogen and oxygen atoms in total. The summed E-state index contributed by atoms with van der Waals surface area (Å²) >= 11 is 3.55. The molecule has 1 atom stereocenters. The molecule has 2 aromatic rings. The first-order valence-electron chi connectivity index (χ1n) is 9.44. The first-order chi connectivity index (χ1) is 12.7. The average molecular weight is 432 g/mol. The summed E-state index contributed by atoms with van der Waals surface area (Å²) in [6, 6.07) is 16.1. The van der Waals surface area contributed by atoms with Gasteiger partial charge in [-0.25, -0.2) is 0 Å². The summed E-state index contributed by atoms with van der Waals surface area (Å²) in [4.78, 5) is 12.5. The highest BCUT2D eigenvalue weighted by molar-refractivity contribution is 9.10. The highest BCUT2D eigenvalue weighted by Crippen LogP contribution is 2.31. The topological polar surface area (TPSA) is 38.3 Å². The lowest BCUT2D eigenvalue weighted by Crippen LogP contribution is -2.33. The van der Waals surface area contributed by atoms with Gasteiger partial charge in [-0.2, -0.15) is 0 Å². The molecule has 0 radical (unpaired) electrons. The molecule has 4 heteroatoms. The van der Waals surface area contributed by atoms with E-state index in [0.29, 0.717) is 11.7 Å². The Morgan fingerprint density at radius 3 is 2.33 bits per heavy atom. The molecular formula is C23H30BrNO2. The van der Waals surface area contributed by atoms with E-state index in [-0.39, 0.29) is 24.0 Å². The molecule has 1 N–H and O–H groups in total. The van der Waals surface area contributed by atoms with Crippen LogP contribution in [0.5, 0.6) is 5.75 Å². The van der Waals surface area contributed by atoms with Gasteiger partial charge >= 0.3 is 0 Å². The Morgan fingerprint density at radius 2 is 1.78 bits per heavy atom. The number of carbonyl (C=O) groups excluding carboxylic acids is 1. The van der Waals surface area contributed by atoms with Gasteiger partial charge in [-0.3, -0.25) is 4.79 Å². The number of benzene rings is 2. The minimum Gasteiger partial charge on any atom is -0.483 e. The molecule has 0 fully saturated rings. The predicted octanol–water partition coefficient (Wildman–Crippen LogP) is 6.03. The van der Waals surface area contributed by atoms with Crippen molar-refractivity contribution in [3.05, 3.63) is 64.1 Å². The van der Waals surface area contributed by atoms with Crippen LogP contribution >= 0.6 is 15.9 Å². The van der Waals surface area contributed by atoms with Gasteiger partial charge in [0.15, 0.2) is 6.61 Å². The van der Waals surface area contributed by atoms with E-state index in [0.717, 1.165) is 16.5 Å². The summed E-state index contributed by atoms with van der Waals surface area (Å²) in [5.41, 5.74) is 2.40. The van der Waals surface area contributed by atoms with Crippen LogP contribution in [-0.2, 0) is 10.2 Å². The Balaban J connectivity index is 2.00. The summed E-state index contributed by atoms with van der Waals surface area (Å²) in [5, 5.41) is 3.11. The van der Waals surface area contributed by atoms with Crippen LogP contribution in [0.3, 0.4) is 0 Å². The smallest absolute Gasteiger partial charge is 0.258 e.